The van der Waals surface area contributed by atoms with Crippen LogP contribution in [0.2, 0.25) is 0 Å². The molecular weight excluding hydrogens is 721 g/mol. The standard InChI is InChI=1S/C52H88O6/c1-4-7-10-13-15-17-19-21-23-25-27-28-30-32-34-36-39-42-45-51(54)57-48-49(47-56-50(53)44-41-38-12-9-6-3)58-52(55)46-43-40-37-35-33-31-29-26-24-22-20-18-16-14-11-8-5-2/h8,11,16-19,22-25,29,31,49H,4-7,9-10,12-15,20-21,26-28,30,32-48H2,1-3H3/b11-8-,18-16-,19-17-,24-22-,25-23-,31-29-. The van der Waals surface area contributed by atoms with E-state index in [0.29, 0.717) is 19.3 Å². The maximum absolute atomic E-state index is 12.7. The minimum absolute atomic E-state index is 0.0896. The van der Waals surface area contributed by atoms with Crippen LogP contribution in [0.25, 0.3) is 0 Å². The summed E-state index contributed by atoms with van der Waals surface area (Å²) in [6, 6.07) is 0. The summed E-state index contributed by atoms with van der Waals surface area (Å²) in [5, 5.41) is 0. The molecule has 6 heteroatoms. The lowest BCUT2D eigenvalue weighted by Crippen LogP contribution is -2.30. The van der Waals surface area contributed by atoms with E-state index < -0.39 is 6.10 Å². The summed E-state index contributed by atoms with van der Waals surface area (Å²) in [7, 11) is 0. The molecule has 0 heterocycles. The first-order valence-corrected chi connectivity index (χ1v) is 23.9. The Bertz CT molecular complexity index is 1110. The van der Waals surface area contributed by atoms with Crippen molar-refractivity contribution >= 4 is 17.9 Å². The zero-order valence-corrected chi connectivity index (χ0v) is 37.8. The molecule has 0 aromatic heterocycles. The molecule has 58 heavy (non-hydrogen) atoms. The third-order valence-electron chi connectivity index (χ3n) is 9.95. The van der Waals surface area contributed by atoms with Crippen LogP contribution in [0.1, 0.15) is 220 Å². The molecule has 0 saturated heterocycles. The lowest BCUT2D eigenvalue weighted by atomic mass is 10.1. The van der Waals surface area contributed by atoms with E-state index in [9.17, 15) is 14.4 Å². The van der Waals surface area contributed by atoms with Crippen LogP contribution in [0, 0.1) is 0 Å². The van der Waals surface area contributed by atoms with E-state index in [1.165, 1.54) is 64.2 Å². The van der Waals surface area contributed by atoms with Gasteiger partial charge in [0.25, 0.3) is 0 Å². The van der Waals surface area contributed by atoms with Crippen molar-refractivity contribution in [1.29, 1.82) is 0 Å². The Morgan fingerprint density at radius 1 is 0.362 bits per heavy atom. The van der Waals surface area contributed by atoms with Gasteiger partial charge in [-0.2, -0.15) is 0 Å². The molecule has 0 N–H and O–H groups in total. The number of esters is 3. The number of allylic oxidation sites excluding steroid dienone is 12. The van der Waals surface area contributed by atoms with Gasteiger partial charge >= 0.3 is 17.9 Å². The highest BCUT2D eigenvalue weighted by atomic mass is 16.6. The molecule has 0 rings (SSSR count). The van der Waals surface area contributed by atoms with Crippen molar-refractivity contribution in [2.45, 2.75) is 226 Å². The fourth-order valence-electron chi connectivity index (χ4n) is 6.34. The quantitative estimate of drug-likeness (QED) is 0.0264. The average molecular weight is 809 g/mol. The van der Waals surface area contributed by atoms with Crippen LogP contribution in [0.4, 0.5) is 0 Å². The number of ether oxygens (including phenoxy) is 3. The molecule has 0 aromatic carbocycles. The monoisotopic (exact) mass is 809 g/mol. The Morgan fingerprint density at radius 3 is 1.07 bits per heavy atom. The molecule has 0 amide bonds. The number of hydrogen-bond donors (Lipinski definition) is 0. The van der Waals surface area contributed by atoms with Gasteiger partial charge in [0.05, 0.1) is 0 Å². The second kappa shape index (κ2) is 46.5. The lowest BCUT2D eigenvalue weighted by molar-refractivity contribution is -0.167. The highest BCUT2D eigenvalue weighted by molar-refractivity contribution is 5.71. The maximum atomic E-state index is 12.7. The second-order valence-corrected chi connectivity index (χ2v) is 15.6. The molecule has 332 valence electrons. The van der Waals surface area contributed by atoms with Crippen LogP contribution in [-0.4, -0.2) is 37.2 Å². The molecule has 0 aromatic rings. The van der Waals surface area contributed by atoms with E-state index in [4.69, 9.17) is 14.2 Å². The van der Waals surface area contributed by atoms with Gasteiger partial charge in [0, 0.05) is 19.3 Å². The Kier molecular flexibility index (Phi) is 44.0. The Balaban J connectivity index is 4.27. The zero-order chi connectivity index (χ0) is 42.3. The first kappa shape index (κ1) is 54.9. The molecule has 1 atom stereocenters. The third kappa shape index (κ3) is 44.0. The topological polar surface area (TPSA) is 78.9 Å². The fraction of sp³-hybridized carbons (Fsp3) is 0.712. The van der Waals surface area contributed by atoms with Crippen LogP contribution in [-0.2, 0) is 28.6 Å². The van der Waals surface area contributed by atoms with E-state index in [0.717, 1.165) is 116 Å². The van der Waals surface area contributed by atoms with Crippen molar-refractivity contribution in [3.8, 4) is 0 Å². The van der Waals surface area contributed by atoms with Crippen molar-refractivity contribution in [2.75, 3.05) is 13.2 Å². The van der Waals surface area contributed by atoms with Crippen LogP contribution in [0.5, 0.6) is 0 Å². The normalized spacial score (nSPS) is 12.7. The summed E-state index contributed by atoms with van der Waals surface area (Å²) in [6.45, 7) is 6.38. The number of hydrogen-bond acceptors (Lipinski definition) is 6. The van der Waals surface area contributed by atoms with Gasteiger partial charge < -0.3 is 14.2 Å². The van der Waals surface area contributed by atoms with E-state index in [1.54, 1.807) is 0 Å². The van der Waals surface area contributed by atoms with Gasteiger partial charge in [0.1, 0.15) is 13.2 Å². The van der Waals surface area contributed by atoms with Crippen molar-refractivity contribution in [1.82, 2.24) is 0 Å². The Morgan fingerprint density at radius 2 is 0.672 bits per heavy atom. The van der Waals surface area contributed by atoms with E-state index in [1.807, 2.05) is 0 Å². The molecule has 0 aliphatic heterocycles. The van der Waals surface area contributed by atoms with Crippen LogP contribution in [0.15, 0.2) is 72.9 Å². The summed E-state index contributed by atoms with van der Waals surface area (Å²) >= 11 is 0. The number of rotatable bonds is 42. The van der Waals surface area contributed by atoms with Crippen LogP contribution < -0.4 is 0 Å². The van der Waals surface area contributed by atoms with Gasteiger partial charge in [0.15, 0.2) is 6.10 Å². The molecule has 1 unspecified atom stereocenters. The smallest absolute Gasteiger partial charge is 0.306 e. The van der Waals surface area contributed by atoms with E-state index >= 15 is 0 Å². The molecule has 0 spiro atoms. The molecule has 0 saturated carbocycles. The molecule has 0 radical (unpaired) electrons. The van der Waals surface area contributed by atoms with Crippen LogP contribution >= 0.6 is 0 Å². The highest BCUT2D eigenvalue weighted by Gasteiger charge is 2.19. The summed E-state index contributed by atoms with van der Waals surface area (Å²) in [5.74, 6) is -0.938. The van der Waals surface area contributed by atoms with Gasteiger partial charge in [-0.05, 0) is 89.9 Å². The third-order valence-corrected chi connectivity index (χ3v) is 9.95. The SMILES string of the molecule is CC/C=C\C/C=C\C/C=C\C/C=C\CCCCCCC(=O)OC(COC(=O)CCCCCCC)COC(=O)CCCCCCCCC/C=C\C/C=C\CCCCCC. The zero-order valence-electron chi connectivity index (χ0n) is 37.8. The van der Waals surface area contributed by atoms with Crippen LogP contribution in [0.3, 0.4) is 0 Å². The van der Waals surface area contributed by atoms with E-state index in [-0.39, 0.29) is 31.1 Å². The lowest BCUT2D eigenvalue weighted by Gasteiger charge is -2.18. The van der Waals surface area contributed by atoms with Gasteiger partial charge in [-0.25, -0.2) is 0 Å². The minimum Gasteiger partial charge on any atom is -0.462 e. The Labute approximate surface area is 357 Å². The predicted octanol–water partition coefficient (Wildman–Crippen LogP) is 15.5. The second-order valence-electron chi connectivity index (χ2n) is 15.6. The molecule has 0 aliphatic carbocycles. The molecular formula is C52H88O6. The van der Waals surface area contributed by atoms with E-state index in [2.05, 4.69) is 93.7 Å². The Hall–Kier alpha value is -3.15. The van der Waals surface area contributed by atoms with Crippen molar-refractivity contribution in [2.24, 2.45) is 0 Å². The summed E-state index contributed by atoms with van der Waals surface area (Å²) < 4.78 is 16.6. The highest BCUT2D eigenvalue weighted by Crippen LogP contribution is 2.13. The predicted molar refractivity (Wildman–Crippen MR) is 247 cm³/mol. The molecule has 6 nitrogen and oxygen atoms in total. The molecule has 0 aliphatic rings. The average Bonchev–Trinajstić information content (AvgIpc) is 3.22. The van der Waals surface area contributed by atoms with Crippen molar-refractivity contribution in [3.05, 3.63) is 72.9 Å². The van der Waals surface area contributed by atoms with Gasteiger partial charge in [-0.1, -0.05) is 184 Å². The van der Waals surface area contributed by atoms with Gasteiger partial charge in [-0.3, -0.25) is 14.4 Å². The summed E-state index contributed by atoms with van der Waals surface area (Å²) in [5.41, 5.74) is 0. The van der Waals surface area contributed by atoms with Gasteiger partial charge in [0.2, 0.25) is 0 Å². The van der Waals surface area contributed by atoms with Gasteiger partial charge in [-0.15, -0.1) is 0 Å². The summed E-state index contributed by atoms with van der Waals surface area (Å²) in [6.07, 6.45) is 57.7. The number of unbranched alkanes of at least 4 members (excludes halogenated alkanes) is 19. The van der Waals surface area contributed by atoms with Crippen molar-refractivity contribution in [3.63, 3.8) is 0 Å². The minimum atomic E-state index is -0.787. The number of carbonyl (C=O) groups excluding carboxylic acids is 3. The largest absolute Gasteiger partial charge is 0.462 e. The fourth-order valence-corrected chi connectivity index (χ4v) is 6.34. The molecule has 0 fully saturated rings. The number of carbonyl (C=O) groups is 3. The first-order valence-electron chi connectivity index (χ1n) is 23.9. The maximum Gasteiger partial charge on any atom is 0.306 e. The molecule has 0 bridgehead atoms. The first-order chi connectivity index (χ1) is 28.5. The summed E-state index contributed by atoms with van der Waals surface area (Å²) in [4.78, 5) is 37.6. The van der Waals surface area contributed by atoms with Crippen molar-refractivity contribution < 1.29 is 28.6 Å².